The van der Waals surface area contributed by atoms with Crippen LogP contribution in [0, 0.1) is 11.7 Å². The van der Waals surface area contributed by atoms with Gasteiger partial charge in [0.2, 0.25) is 11.8 Å². The fraction of sp³-hybridized carbons (Fsp3) is 0.200. The number of fused-ring (bicyclic) bond motifs is 2. The molecule has 6 heteroatoms. The number of hydrogen-bond donors (Lipinski definition) is 2. The average molecular weight is 479 g/mol. The lowest BCUT2D eigenvalue weighted by molar-refractivity contribution is -0.135. The van der Waals surface area contributed by atoms with Crippen molar-refractivity contribution in [3.8, 4) is 0 Å². The summed E-state index contributed by atoms with van der Waals surface area (Å²) < 4.78 is 14.5. The zero-order valence-corrected chi connectivity index (χ0v) is 18.3. The molecule has 3 aromatic carbocycles. The summed E-state index contributed by atoms with van der Waals surface area (Å²) in [6.45, 7) is 1.83. The quantitative estimate of drug-likeness (QED) is 0.540. The number of halogens is 2. The highest BCUT2D eigenvalue weighted by atomic mass is 79.9. The maximum Gasteiger partial charge on any atom is 0.238 e. The third-order valence-corrected chi connectivity index (χ3v) is 7.26. The third-order valence-electron chi connectivity index (χ3n) is 6.57. The van der Waals surface area contributed by atoms with E-state index in [1.807, 2.05) is 61.5 Å². The van der Waals surface area contributed by atoms with E-state index >= 15 is 0 Å². The van der Waals surface area contributed by atoms with E-state index in [1.165, 1.54) is 12.1 Å². The summed E-state index contributed by atoms with van der Waals surface area (Å²) in [4.78, 5) is 27.0. The molecule has 2 amide bonds. The van der Waals surface area contributed by atoms with E-state index in [9.17, 15) is 14.0 Å². The number of rotatable bonds is 2. The Morgan fingerprint density at radius 3 is 2.42 bits per heavy atom. The van der Waals surface area contributed by atoms with Crippen molar-refractivity contribution >= 4 is 33.4 Å². The summed E-state index contributed by atoms with van der Waals surface area (Å²) in [7, 11) is 0. The van der Waals surface area contributed by atoms with Gasteiger partial charge in [-0.2, -0.15) is 0 Å². The highest BCUT2D eigenvalue weighted by molar-refractivity contribution is 9.10. The largest absolute Gasteiger partial charge is 0.348 e. The second-order valence-electron chi connectivity index (χ2n) is 8.15. The number of carbonyl (C=O) groups excluding carboxylic acids is 2. The second-order valence-corrected chi connectivity index (χ2v) is 9.01. The predicted molar refractivity (Wildman–Crippen MR) is 120 cm³/mol. The van der Waals surface area contributed by atoms with Gasteiger partial charge in [0.25, 0.3) is 0 Å². The number of hydrogen-bond acceptors (Lipinski definition) is 2. The topological polar surface area (TPSA) is 58.2 Å². The molecule has 4 nitrogen and oxygen atoms in total. The van der Waals surface area contributed by atoms with E-state index < -0.39 is 23.3 Å². The molecule has 156 valence electrons. The van der Waals surface area contributed by atoms with Gasteiger partial charge in [-0.3, -0.25) is 9.59 Å². The molecule has 0 saturated carbocycles. The first-order valence-electron chi connectivity index (χ1n) is 10.2. The van der Waals surface area contributed by atoms with Gasteiger partial charge in [-0.25, -0.2) is 4.39 Å². The highest BCUT2D eigenvalue weighted by Crippen LogP contribution is 2.59. The molecule has 1 saturated heterocycles. The Kier molecular flexibility index (Phi) is 4.70. The first kappa shape index (κ1) is 19.9. The SMILES string of the molecule is C[C@@H]1C(=O)N[C@H](c2ccccc2)[C@@]2(C(=O)Nc3ccccc32)[C@@H]1c1ccc(F)cc1Br. The van der Waals surface area contributed by atoms with Gasteiger partial charge < -0.3 is 10.6 Å². The van der Waals surface area contributed by atoms with Crippen LogP contribution < -0.4 is 10.6 Å². The molecule has 2 aliphatic heterocycles. The number of anilines is 1. The van der Waals surface area contributed by atoms with E-state index in [0.29, 0.717) is 4.47 Å². The molecule has 0 unspecified atom stereocenters. The maximum atomic E-state index is 13.9. The van der Waals surface area contributed by atoms with Crippen LogP contribution in [0.5, 0.6) is 0 Å². The number of para-hydroxylation sites is 1. The molecule has 2 N–H and O–H groups in total. The summed E-state index contributed by atoms with van der Waals surface area (Å²) in [5.41, 5.74) is 2.06. The molecule has 2 aliphatic rings. The molecule has 31 heavy (non-hydrogen) atoms. The van der Waals surface area contributed by atoms with Crippen molar-refractivity contribution in [1.82, 2.24) is 5.32 Å². The summed E-state index contributed by atoms with van der Waals surface area (Å²) in [5, 5.41) is 6.17. The molecule has 0 aliphatic carbocycles. The van der Waals surface area contributed by atoms with Crippen LogP contribution in [0.1, 0.15) is 35.6 Å². The molecule has 0 aromatic heterocycles. The number of amides is 2. The Bertz CT molecular complexity index is 1200. The van der Waals surface area contributed by atoms with Crippen LogP contribution >= 0.6 is 15.9 Å². The monoisotopic (exact) mass is 478 g/mol. The lowest BCUT2D eigenvalue weighted by Crippen LogP contribution is -2.60. The molecule has 5 rings (SSSR count). The molecule has 0 radical (unpaired) electrons. The molecule has 0 bridgehead atoms. The van der Waals surface area contributed by atoms with Gasteiger partial charge in [0.05, 0.1) is 6.04 Å². The van der Waals surface area contributed by atoms with Crippen molar-refractivity contribution < 1.29 is 14.0 Å². The van der Waals surface area contributed by atoms with Crippen molar-refractivity contribution in [1.29, 1.82) is 0 Å². The van der Waals surface area contributed by atoms with Gasteiger partial charge in [-0.05, 0) is 34.9 Å². The van der Waals surface area contributed by atoms with Crippen molar-refractivity contribution in [2.75, 3.05) is 5.32 Å². The van der Waals surface area contributed by atoms with Gasteiger partial charge >= 0.3 is 0 Å². The third kappa shape index (κ3) is 2.85. The van der Waals surface area contributed by atoms with Crippen LogP contribution in [0.3, 0.4) is 0 Å². The van der Waals surface area contributed by atoms with Gasteiger partial charge in [-0.1, -0.05) is 77.5 Å². The minimum atomic E-state index is -1.09. The molecular weight excluding hydrogens is 459 g/mol. The number of nitrogens with one attached hydrogen (secondary N) is 2. The zero-order chi connectivity index (χ0) is 21.8. The second kappa shape index (κ2) is 7.31. The summed E-state index contributed by atoms with van der Waals surface area (Å²) in [6.07, 6.45) is 0. The standard InChI is InChI=1S/C25H20BrFN2O2/c1-14-21(17-12-11-16(27)13-19(17)26)25(18-9-5-6-10-20(18)28-24(25)31)22(29-23(14)30)15-7-3-2-4-8-15/h2-14,21-22H,1H3,(H,28,31)(H,29,30)/t14-,21-,22+,25-/m0/s1. The Balaban J connectivity index is 1.85. The van der Waals surface area contributed by atoms with Crippen molar-refractivity contribution in [2.24, 2.45) is 5.92 Å². The maximum absolute atomic E-state index is 13.9. The number of carbonyl (C=O) groups is 2. The van der Waals surface area contributed by atoms with Crippen LogP contribution in [0.15, 0.2) is 77.3 Å². The van der Waals surface area contributed by atoms with Crippen LogP contribution in [0.25, 0.3) is 0 Å². The molecule has 1 spiro atoms. The molecule has 2 heterocycles. The zero-order valence-electron chi connectivity index (χ0n) is 16.7. The Labute approximate surface area is 188 Å². The van der Waals surface area contributed by atoms with Crippen LogP contribution in [0.2, 0.25) is 0 Å². The van der Waals surface area contributed by atoms with E-state index in [0.717, 1.165) is 22.4 Å². The van der Waals surface area contributed by atoms with E-state index in [1.54, 1.807) is 6.07 Å². The lowest BCUT2D eigenvalue weighted by Gasteiger charge is -2.49. The fourth-order valence-electron chi connectivity index (χ4n) is 5.27. The molecule has 1 fully saturated rings. The van der Waals surface area contributed by atoms with Crippen molar-refractivity contribution in [3.05, 3.63) is 99.8 Å². The fourth-order valence-corrected chi connectivity index (χ4v) is 5.87. The first-order valence-corrected chi connectivity index (χ1v) is 10.9. The first-order chi connectivity index (χ1) is 14.9. The van der Waals surface area contributed by atoms with E-state index in [-0.39, 0.29) is 17.6 Å². The number of benzene rings is 3. The smallest absolute Gasteiger partial charge is 0.238 e. The van der Waals surface area contributed by atoms with Crippen molar-refractivity contribution in [2.45, 2.75) is 24.3 Å². The number of piperidine rings is 1. The van der Waals surface area contributed by atoms with Crippen LogP contribution in [-0.2, 0) is 15.0 Å². The van der Waals surface area contributed by atoms with Gasteiger partial charge in [0.15, 0.2) is 0 Å². The highest BCUT2D eigenvalue weighted by Gasteiger charge is 2.63. The summed E-state index contributed by atoms with van der Waals surface area (Å²) in [6, 6.07) is 21.0. The van der Waals surface area contributed by atoms with Gasteiger partial charge in [-0.15, -0.1) is 0 Å². The Morgan fingerprint density at radius 2 is 1.68 bits per heavy atom. The normalized spacial score (nSPS) is 27.0. The predicted octanol–water partition coefficient (Wildman–Crippen LogP) is 5.07. The lowest BCUT2D eigenvalue weighted by atomic mass is 9.56. The molecule has 3 aromatic rings. The minimum absolute atomic E-state index is 0.141. The Hall–Kier alpha value is -2.99. The van der Waals surface area contributed by atoms with Crippen LogP contribution in [0.4, 0.5) is 10.1 Å². The molecule has 4 atom stereocenters. The Morgan fingerprint density at radius 1 is 0.968 bits per heavy atom. The summed E-state index contributed by atoms with van der Waals surface area (Å²) >= 11 is 3.49. The van der Waals surface area contributed by atoms with Crippen molar-refractivity contribution in [3.63, 3.8) is 0 Å². The summed E-state index contributed by atoms with van der Waals surface area (Å²) in [5.74, 6) is -1.72. The van der Waals surface area contributed by atoms with E-state index in [2.05, 4.69) is 26.6 Å². The molecular formula is C25H20BrFN2O2. The average Bonchev–Trinajstić information content (AvgIpc) is 3.05. The van der Waals surface area contributed by atoms with Crippen LogP contribution in [-0.4, -0.2) is 11.8 Å². The minimum Gasteiger partial charge on any atom is -0.348 e. The van der Waals surface area contributed by atoms with Gasteiger partial charge in [0.1, 0.15) is 11.2 Å². The van der Waals surface area contributed by atoms with E-state index in [4.69, 9.17) is 0 Å². The van der Waals surface area contributed by atoms with Gasteiger partial charge in [0, 0.05) is 22.0 Å².